The van der Waals surface area contributed by atoms with E-state index in [0.29, 0.717) is 5.56 Å². The third kappa shape index (κ3) is 4.08. The summed E-state index contributed by atoms with van der Waals surface area (Å²) in [5, 5.41) is 6.70. The molecule has 0 aliphatic carbocycles. The van der Waals surface area contributed by atoms with Gasteiger partial charge < -0.3 is 10.6 Å². The van der Waals surface area contributed by atoms with Gasteiger partial charge in [-0.25, -0.2) is 0 Å². The van der Waals surface area contributed by atoms with Crippen LogP contribution in [0.1, 0.15) is 21.5 Å². The number of amides is 1. The predicted octanol–water partition coefficient (Wildman–Crippen LogP) is 2.99. The minimum Gasteiger partial charge on any atom is -0.355 e. The molecule has 0 spiro atoms. The molecule has 0 unspecified atom stereocenters. The molecule has 104 valence electrons. The molecule has 0 bridgehead atoms. The van der Waals surface area contributed by atoms with Crippen molar-refractivity contribution in [3.8, 4) is 0 Å². The monoisotopic (exact) mass is 288 g/mol. The second-order valence-electron chi connectivity index (χ2n) is 4.51. The molecule has 0 saturated heterocycles. The Morgan fingerprint density at radius 1 is 1.05 bits per heavy atom. The highest BCUT2D eigenvalue weighted by molar-refractivity contribution is 6.30. The topological polar surface area (TPSA) is 41.1 Å². The molecular formula is C16H17ClN2O. The Labute approximate surface area is 124 Å². The number of hydrogen-bond donors (Lipinski definition) is 2. The Morgan fingerprint density at radius 2 is 1.75 bits per heavy atom. The number of nitrogens with one attached hydrogen (secondary N) is 2. The second-order valence-corrected chi connectivity index (χ2v) is 4.95. The molecule has 0 heterocycles. The lowest BCUT2D eigenvalue weighted by molar-refractivity contribution is 0.0963. The van der Waals surface area contributed by atoms with E-state index in [1.807, 2.05) is 48.5 Å². The Morgan fingerprint density at radius 3 is 2.40 bits per heavy atom. The molecule has 2 aromatic rings. The zero-order chi connectivity index (χ0) is 14.4. The fourth-order valence-corrected chi connectivity index (χ4v) is 2.13. The SMILES string of the molecule is CNC(=O)c1ccc(CNCc2cccc(Cl)c2)cc1. The molecule has 0 aliphatic heterocycles. The Hall–Kier alpha value is -1.84. The van der Waals surface area contributed by atoms with E-state index in [4.69, 9.17) is 11.6 Å². The first kappa shape index (κ1) is 14.6. The van der Waals surface area contributed by atoms with Crippen LogP contribution in [0.25, 0.3) is 0 Å². The standard InChI is InChI=1S/C16H17ClN2O/c1-18-16(20)14-7-5-12(6-8-14)10-19-11-13-3-2-4-15(17)9-13/h2-9,19H,10-11H2,1H3,(H,18,20). The first-order valence-corrected chi connectivity index (χ1v) is 6.83. The average Bonchev–Trinajstić information content (AvgIpc) is 2.47. The van der Waals surface area contributed by atoms with Gasteiger partial charge in [-0.05, 0) is 35.4 Å². The van der Waals surface area contributed by atoms with Crippen molar-refractivity contribution in [3.05, 3.63) is 70.2 Å². The molecule has 0 aromatic heterocycles. The third-order valence-electron chi connectivity index (χ3n) is 2.99. The maximum atomic E-state index is 11.4. The van der Waals surface area contributed by atoms with Crippen LogP contribution >= 0.6 is 11.6 Å². The van der Waals surface area contributed by atoms with Gasteiger partial charge in [0.1, 0.15) is 0 Å². The highest BCUT2D eigenvalue weighted by atomic mass is 35.5. The number of benzene rings is 2. The summed E-state index contributed by atoms with van der Waals surface area (Å²) in [6.07, 6.45) is 0. The van der Waals surface area contributed by atoms with Crippen LogP contribution in [0.5, 0.6) is 0 Å². The first-order valence-electron chi connectivity index (χ1n) is 6.45. The Kier molecular flexibility index (Phi) is 5.16. The van der Waals surface area contributed by atoms with Crippen LogP contribution in [0, 0.1) is 0 Å². The van der Waals surface area contributed by atoms with Crippen molar-refractivity contribution in [1.82, 2.24) is 10.6 Å². The molecule has 2 aromatic carbocycles. The van der Waals surface area contributed by atoms with Crippen molar-refractivity contribution in [3.63, 3.8) is 0 Å². The van der Waals surface area contributed by atoms with Crippen LogP contribution in [0.2, 0.25) is 5.02 Å². The number of carbonyl (C=O) groups is 1. The summed E-state index contributed by atoms with van der Waals surface area (Å²) in [4.78, 5) is 11.4. The molecule has 0 aliphatic rings. The first-order chi connectivity index (χ1) is 9.69. The van der Waals surface area contributed by atoms with Crippen molar-refractivity contribution >= 4 is 17.5 Å². The molecule has 1 amide bonds. The zero-order valence-corrected chi connectivity index (χ0v) is 12.1. The lowest BCUT2D eigenvalue weighted by Gasteiger charge is -2.06. The molecule has 2 rings (SSSR count). The summed E-state index contributed by atoms with van der Waals surface area (Å²) >= 11 is 5.94. The smallest absolute Gasteiger partial charge is 0.251 e. The van der Waals surface area contributed by atoms with Crippen LogP contribution in [0.4, 0.5) is 0 Å². The summed E-state index contributed by atoms with van der Waals surface area (Å²) < 4.78 is 0. The molecule has 0 radical (unpaired) electrons. The molecule has 20 heavy (non-hydrogen) atoms. The summed E-state index contributed by atoms with van der Waals surface area (Å²) in [7, 11) is 1.63. The molecule has 4 heteroatoms. The average molecular weight is 289 g/mol. The maximum Gasteiger partial charge on any atom is 0.251 e. The van der Waals surface area contributed by atoms with Gasteiger partial charge in [0.15, 0.2) is 0 Å². The lowest BCUT2D eigenvalue weighted by Crippen LogP contribution is -2.18. The van der Waals surface area contributed by atoms with Crippen molar-refractivity contribution < 1.29 is 4.79 Å². The van der Waals surface area contributed by atoms with Crippen LogP contribution in [0.3, 0.4) is 0 Å². The van der Waals surface area contributed by atoms with Crippen molar-refractivity contribution in [1.29, 1.82) is 0 Å². The molecule has 2 N–H and O–H groups in total. The van der Waals surface area contributed by atoms with E-state index in [0.717, 1.165) is 29.2 Å². The van der Waals surface area contributed by atoms with Crippen LogP contribution in [-0.4, -0.2) is 13.0 Å². The van der Waals surface area contributed by atoms with E-state index < -0.39 is 0 Å². The quantitative estimate of drug-likeness (QED) is 0.888. The highest BCUT2D eigenvalue weighted by Gasteiger charge is 2.02. The van der Waals surface area contributed by atoms with Gasteiger partial charge in [0.25, 0.3) is 5.91 Å². The van der Waals surface area contributed by atoms with Gasteiger partial charge in [-0.15, -0.1) is 0 Å². The van der Waals surface area contributed by atoms with Crippen LogP contribution in [-0.2, 0) is 13.1 Å². The summed E-state index contributed by atoms with van der Waals surface area (Å²) in [5.74, 6) is -0.0663. The van der Waals surface area contributed by atoms with Crippen LogP contribution < -0.4 is 10.6 Å². The third-order valence-corrected chi connectivity index (χ3v) is 3.23. The van der Waals surface area contributed by atoms with Gasteiger partial charge in [0.2, 0.25) is 0 Å². The summed E-state index contributed by atoms with van der Waals surface area (Å²) in [6, 6.07) is 15.4. The van der Waals surface area contributed by atoms with Gasteiger partial charge in [-0.1, -0.05) is 35.9 Å². The largest absolute Gasteiger partial charge is 0.355 e. The van der Waals surface area contributed by atoms with Gasteiger partial charge in [0, 0.05) is 30.7 Å². The van der Waals surface area contributed by atoms with Crippen LogP contribution in [0.15, 0.2) is 48.5 Å². The molecule has 0 fully saturated rings. The minimum atomic E-state index is -0.0663. The highest BCUT2D eigenvalue weighted by Crippen LogP contribution is 2.10. The van der Waals surface area contributed by atoms with Crippen molar-refractivity contribution in [2.45, 2.75) is 13.1 Å². The summed E-state index contributed by atoms with van der Waals surface area (Å²) in [6.45, 7) is 1.51. The summed E-state index contributed by atoms with van der Waals surface area (Å²) in [5.41, 5.74) is 2.96. The number of rotatable bonds is 5. The zero-order valence-electron chi connectivity index (χ0n) is 11.3. The minimum absolute atomic E-state index is 0.0663. The van der Waals surface area contributed by atoms with E-state index in [1.165, 1.54) is 0 Å². The number of carbonyl (C=O) groups excluding carboxylic acids is 1. The van der Waals surface area contributed by atoms with E-state index in [9.17, 15) is 4.79 Å². The van der Waals surface area contributed by atoms with Gasteiger partial charge in [-0.2, -0.15) is 0 Å². The number of halogens is 1. The lowest BCUT2D eigenvalue weighted by atomic mass is 10.1. The second kappa shape index (κ2) is 7.08. The molecule has 3 nitrogen and oxygen atoms in total. The molecular weight excluding hydrogens is 272 g/mol. The van der Waals surface area contributed by atoms with E-state index >= 15 is 0 Å². The maximum absolute atomic E-state index is 11.4. The van der Waals surface area contributed by atoms with Crippen molar-refractivity contribution in [2.75, 3.05) is 7.05 Å². The fraction of sp³-hybridized carbons (Fsp3) is 0.188. The van der Waals surface area contributed by atoms with Gasteiger partial charge >= 0.3 is 0 Å². The van der Waals surface area contributed by atoms with E-state index in [2.05, 4.69) is 10.6 Å². The van der Waals surface area contributed by atoms with E-state index in [-0.39, 0.29) is 5.91 Å². The van der Waals surface area contributed by atoms with E-state index in [1.54, 1.807) is 7.05 Å². The fourth-order valence-electron chi connectivity index (χ4n) is 1.92. The Balaban J connectivity index is 1.86. The molecule has 0 saturated carbocycles. The Bertz CT molecular complexity index is 581. The normalized spacial score (nSPS) is 10.3. The van der Waals surface area contributed by atoms with Gasteiger partial charge in [-0.3, -0.25) is 4.79 Å². The number of hydrogen-bond acceptors (Lipinski definition) is 2. The molecule has 0 atom stereocenters. The predicted molar refractivity (Wildman–Crippen MR) is 81.8 cm³/mol. The van der Waals surface area contributed by atoms with Gasteiger partial charge in [0.05, 0.1) is 0 Å². The van der Waals surface area contributed by atoms with Crippen molar-refractivity contribution in [2.24, 2.45) is 0 Å².